The van der Waals surface area contributed by atoms with Crippen molar-refractivity contribution in [3.8, 4) is 0 Å². The molecule has 0 unspecified atom stereocenters. The van der Waals surface area contributed by atoms with Gasteiger partial charge in [0.25, 0.3) is 0 Å². The molecule has 0 aliphatic heterocycles. The molecular formula is C7H10O3. The number of methoxy groups -OCH3 is 1. The number of ketones is 1. The molecule has 0 radical (unpaired) electrons. The van der Waals surface area contributed by atoms with Gasteiger partial charge < -0.3 is 4.74 Å². The van der Waals surface area contributed by atoms with Gasteiger partial charge in [-0.25, -0.2) is 4.79 Å². The van der Waals surface area contributed by atoms with Gasteiger partial charge in [0, 0.05) is 0 Å². The fourth-order valence-electron chi connectivity index (χ4n) is 0.575. The average Bonchev–Trinajstić information content (AvgIpc) is 1.88. The van der Waals surface area contributed by atoms with E-state index < -0.39 is 5.97 Å². The summed E-state index contributed by atoms with van der Waals surface area (Å²) in [4.78, 5) is 21.3. The molecule has 0 fully saturated rings. The molecule has 3 heteroatoms. The second-order valence-corrected chi connectivity index (χ2v) is 1.75. The molecule has 0 saturated carbocycles. The molecule has 0 aromatic carbocycles. The van der Waals surface area contributed by atoms with Crippen LogP contribution in [0.2, 0.25) is 0 Å². The molecule has 0 heterocycles. The van der Waals surface area contributed by atoms with Crippen LogP contribution < -0.4 is 0 Å². The number of allylic oxidation sites excluding steroid dienone is 1. The van der Waals surface area contributed by atoms with Gasteiger partial charge in [0.1, 0.15) is 0 Å². The first-order valence-electron chi connectivity index (χ1n) is 2.89. The van der Waals surface area contributed by atoms with E-state index in [1.165, 1.54) is 20.1 Å². The van der Waals surface area contributed by atoms with Gasteiger partial charge >= 0.3 is 5.97 Å². The Kier molecular flexibility index (Phi) is 3.39. The Hall–Kier alpha value is -1.12. The maximum atomic E-state index is 10.7. The monoisotopic (exact) mass is 142 g/mol. The minimum absolute atomic E-state index is 0.0995. The number of hydrogen-bond donors (Lipinski definition) is 0. The van der Waals surface area contributed by atoms with E-state index in [0.29, 0.717) is 0 Å². The van der Waals surface area contributed by atoms with Gasteiger partial charge in [0.15, 0.2) is 5.78 Å². The number of carbonyl (C=O) groups is 2. The van der Waals surface area contributed by atoms with Gasteiger partial charge in [0.05, 0.1) is 12.7 Å². The van der Waals surface area contributed by atoms with Gasteiger partial charge in [-0.1, -0.05) is 6.08 Å². The standard InChI is InChI=1S/C7H10O3/c1-4-6(5(2)8)7(9)10-3/h4H,1-3H3. The number of hydrogen-bond acceptors (Lipinski definition) is 3. The Morgan fingerprint density at radius 1 is 1.40 bits per heavy atom. The van der Waals surface area contributed by atoms with Crippen LogP contribution in [-0.4, -0.2) is 18.9 Å². The molecule has 0 aromatic rings. The lowest BCUT2D eigenvalue weighted by Gasteiger charge is -1.97. The molecule has 0 N–H and O–H groups in total. The minimum Gasteiger partial charge on any atom is -0.465 e. The molecule has 0 atom stereocenters. The number of esters is 1. The Morgan fingerprint density at radius 3 is 2.00 bits per heavy atom. The van der Waals surface area contributed by atoms with Crippen molar-refractivity contribution in [2.45, 2.75) is 13.8 Å². The van der Waals surface area contributed by atoms with Crippen LogP contribution in [-0.2, 0) is 14.3 Å². The van der Waals surface area contributed by atoms with E-state index in [9.17, 15) is 9.59 Å². The maximum absolute atomic E-state index is 10.7. The van der Waals surface area contributed by atoms with Crippen molar-refractivity contribution in [3.63, 3.8) is 0 Å². The molecule has 0 spiro atoms. The van der Waals surface area contributed by atoms with E-state index in [0.717, 1.165) is 0 Å². The topological polar surface area (TPSA) is 43.4 Å². The third-order valence-electron chi connectivity index (χ3n) is 1.07. The smallest absolute Gasteiger partial charge is 0.341 e. The first kappa shape index (κ1) is 8.88. The highest BCUT2D eigenvalue weighted by Gasteiger charge is 2.11. The summed E-state index contributed by atoms with van der Waals surface area (Å²) in [5.74, 6) is -0.843. The summed E-state index contributed by atoms with van der Waals surface area (Å²) in [6, 6.07) is 0. The molecule has 0 aliphatic carbocycles. The summed E-state index contributed by atoms with van der Waals surface area (Å²) >= 11 is 0. The van der Waals surface area contributed by atoms with Crippen LogP contribution in [0.4, 0.5) is 0 Å². The van der Waals surface area contributed by atoms with Crippen molar-refractivity contribution in [3.05, 3.63) is 11.6 Å². The number of rotatable bonds is 2. The highest BCUT2D eigenvalue weighted by molar-refractivity contribution is 6.16. The molecule has 3 nitrogen and oxygen atoms in total. The van der Waals surface area contributed by atoms with Crippen molar-refractivity contribution in [1.82, 2.24) is 0 Å². The van der Waals surface area contributed by atoms with Crippen LogP contribution in [0.5, 0.6) is 0 Å². The molecule has 0 amide bonds. The van der Waals surface area contributed by atoms with Crippen LogP contribution in [0.1, 0.15) is 13.8 Å². The highest BCUT2D eigenvalue weighted by Crippen LogP contribution is 1.97. The molecule has 0 bridgehead atoms. The lowest BCUT2D eigenvalue weighted by Crippen LogP contribution is -2.10. The van der Waals surface area contributed by atoms with Crippen molar-refractivity contribution in [2.75, 3.05) is 7.11 Å². The predicted octanol–water partition coefficient (Wildman–Crippen LogP) is 0.695. The third kappa shape index (κ3) is 2.01. The van der Waals surface area contributed by atoms with Crippen molar-refractivity contribution in [2.24, 2.45) is 0 Å². The second-order valence-electron chi connectivity index (χ2n) is 1.75. The van der Waals surface area contributed by atoms with E-state index >= 15 is 0 Å². The van der Waals surface area contributed by atoms with E-state index in [2.05, 4.69) is 4.74 Å². The zero-order chi connectivity index (χ0) is 8.15. The first-order chi connectivity index (χ1) is 4.63. The Labute approximate surface area is 59.7 Å². The molecule has 10 heavy (non-hydrogen) atoms. The van der Waals surface area contributed by atoms with Gasteiger partial charge in [-0.15, -0.1) is 0 Å². The maximum Gasteiger partial charge on any atom is 0.341 e. The minimum atomic E-state index is -0.574. The van der Waals surface area contributed by atoms with E-state index in [4.69, 9.17) is 0 Å². The van der Waals surface area contributed by atoms with Crippen molar-refractivity contribution >= 4 is 11.8 Å². The first-order valence-corrected chi connectivity index (χ1v) is 2.89. The van der Waals surface area contributed by atoms with Crippen LogP contribution in [0.3, 0.4) is 0 Å². The molecule has 56 valence electrons. The SMILES string of the molecule is CC=C(C(C)=O)C(=O)OC. The average molecular weight is 142 g/mol. The zero-order valence-electron chi connectivity index (χ0n) is 6.30. The Morgan fingerprint density at radius 2 is 1.90 bits per heavy atom. The Balaban J connectivity index is 4.39. The fourth-order valence-corrected chi connectivity index (χ4v) is 0.575. The van der Waals surface area contributed by atoms with E-state index in [-0.39, 0.29) is 11.4 Å². The molecule has 0 rings (SSSR count). The predicted molar refractivity (Wildman–Crippen MR) is 36.5 cm³/mol. The normalized spacial score (nSPS) is 10.9. The molecule has 0 aromatic heterocycles. The summed E-state index contributed by atoms with van der Waals surface area (Å²) in [7, 11) is 1.24. The van der Waals surface area contributed by atoms with Gasteiger partial charge in [-0.3, -0.25) is 4.79 Å². The van der Waals surface area contributed by atoms with Crippen LogP contribution in [0, 0.1) is 0 Å². The van der Waals surface area contributed by atoms with Gasteiger partial charge in [-0.05, 0) is 13.8 Å². The third-order valence-corrected chi connectivity index (χ3v) is 1.07. The zero-order valence-corrected chi connectivity index (χ0v) is 6.30. The lowest BCUT2D eigenvalue weighted by molar-refractivity contribution is -0.137. The summed E-state index contributed by atoms with van der Waals surface area (Å²) in [6.45, 7) is 2.94. The number of Topliss-reactive ketones (excluding diaryl/α,β-unsaturated/α-hetero) is 1. The number of carbonyl (C=O) groups excluding carboxylic acids is 2. The lowest BCUT2D eigenvalue weighted by atomic mass is 10.2. The van der Waals surface area contributed by atoms with E-state index in [1.807, 2.05) is 0 Å². The van der Waals surface area contributed by atoms with Crippen molar-refractivity contribution in [1.29, 1.82) is 0 Å². The van der Waals surface area contributed by atoms with Gasteiger partial charge in [-0.2, -0.15) is 0 Å². The summed E-state index contributed by atoms with van der Waals surface area (Å²) in [5, 5.41) is 0. The quantitative estimate of drug-likeness (QED) is 0.246. The molecule has 0 saturated heterocycles. The van der Waals surface area contributed by atoms with Crippen LogP contribution in [0.15, 0.2) is 11.6 Å². The van der Waals surface area contributed by atoms with Crippen LogP contribution in [0.25, 0.3) is 0 Å². The highest BCUT2D eigenvalue weighted by atomic mass is 16.5. The van der Waals surface area contributed by atoms with E-state index in [1.54, 1.807) is 6.92 Å². The van der Waals surface area contributed by atoms with Crippen molar-refractivity contribution < 1.29 is 14.3 Å². The van der Waals surface area contributed by atoms with Crippen LogP contribution >= 0.6 is 0 Å². The summed E-state index contributed by atoms with van der Waals surface area (Å²) in [6.07, 6.45) is 1.44. The Bertz CT molecular complexity index is 179. The molecule has 0 aliphatic rings. The largest absolute Gasteiger partial charge is 0.465 e. The summed E-state index contributed by atoms with van der Waals surface area (Å²) in [5.41, 5.74) is 0.0995. The second kappa shape index (κ2) is 3.82. The number of ether oxygens (including phenoxy) is 1. The van der Waals surface area contributed by atoms with Gasteiger partial charge in [0.2, 0.25) is 0 Å². The molecular weight excluding hydrogens is 132 g/mol. The fraction of sp³-hybridized carbons (Fsp3) is 0.429. The summed E-state index contributed by atoms with van der Waals surface area (Å²) < 4.78 is 4.34.